The van der Waals surface area contributed by atoms with Crippen molar-refractivity contribution in [2.75, 3.05) is 26.2 Å². The summed E-state index contributed by atoms with van der Waals surface area (Å²) in [4.78, 5) is 20.4. The van der Waals surface area contributed by atoms with Gasteiger partial charge in [-0.25, -0.2) is 9.37 Å². The number of rotatable bonds is 6. The van der Waals surface area contributed by atoms with Crippen LogP contribution in [-0.4, -0.2) is 56.7 Å². The molecule has 25 heavy (non-hydrogen) atoms. The predicted molar refractivity (Wildman–Crippen MR) is 92.2 cm³/mol. The third-order valence-electron chi connectivity index (χ3n) is 4.81. The van der Waals surface area contributed by atoms with E-state index in [1.165, 1.54) is 12.4 Å². The topological polar surface area (TPSA) is 54.3 Å². The highest BCUT2D eigenvalue weighted by Crippen LogP contribution is 2.24. The minimum atomic E-state index is -0.165. The van der Waals surface area contributed by atoms with Crippen LogP contribution in [-0.2, 0) is 11.3 Å². The molecule has 1 saturated heterocycles. The second-order valence-corrected chi connectivity index (χ2v) is 6.38. The van der Waals surface area contributed by atoms with Crippen molar-refractivity contribution in [2.45, 2.75) is 32.4 Å². The summed E-state index contributed by atoms with van der Waals surface area (Å²) in [5.74, 6) is 0.0138. The monoisotopic (exact) mass is 345 g/mol. The van der Waals surface area contributed by atoms with E-state index in [-0.39, 0.29) is 17.8 Å². The lowest BCUT2D eigenvalue weighted by Gasteiger charge is -2.38. The van der Waals surface area contributed by atoms with Gasteiger partial charge in [-0.15, -0.1) is 0 Å². The van der Waals surface area contributed by atoms with Crippen LogP contribution in [0.2, 0.25) is 0 Å². The number of piperazine rings is 1. The number of aryl methyl sites for hydroxylation is 1. The zero-order valence-electron chi connectivity index (χ0n) is 14.5. The molecule has 7 heteroatoms. The van der Waals surface area contributed by atoms with Crippen LogP contribution in [0.25, 0.3) is 0 Å². The van der Waals surface area contributed by atoms with E-state index in [1.807, 2.05) is 24.0 Å². The Hall–Kier alpha value is -2.28. The van der Waals surface area contributed by atoms with E-state index in [2.05, 4.69) is 15.0 Å². The first-order valence-corrected chi connectivity index (χ1v) is 8.74. The minimum Gasteiger partial charge on any atom is -0.340 e. The molecule has 0 saturated carbocycles. The predicted octanol–water partition coefficient (Wildman–Crippen LogP) is 2.10. The Labute approximate surface area is 147 Å². The van der Waals surface area contributed by atoms with Crippen LogP contribution in [0.3, 0.4) is 0 Å². The summed E-state index contributed by atoms with van der Waals surface area (Å²) in [6.45, 7) is 5.65. The molecule has 1 aromatic heterocycles. The number of aromatic nitrogens is 3. The number of hydrogen-bond donors (Lipinski definition) is 0. The fourth-order valence-electron chi connectivity index (χ4n) is 3.27. The molecule has 0 N–H and O–H groups in total. The van der Waals surface area contributed by atoms with Crippen LogP contribution in [0.15, 0.2) is 36.9 Å². The van der Waals surface area contributed by atoms with E-state index < -0.39 is 0 Å². The second kappa shape index (κ2) is 8.20. The fraction of sp³-hybridized carbons (Fsp3) is 0.500. The summed E-state index contributed by atoms with van der Waals surface area (Å²) in [6, 6.07) is 6.93. The Morgan fingerprint density at radius 2 is 2.00 bits per heavy atom. The molecule has 1 aromatic carbocycles. The molecule has 1 fully saturated rings. The van der Waals surface area contributed by atoms with Gasteiger partial charge in [-0.2, -0.15) is 5.10 Å². The van der Waals surface area contributed by atoms with Crippen molar-refractivity contribution in [2.24, 2.45) is 0 Å². The largest absolute Gasteiger partial charge is 0.340 e. The molecule has 134 valence electrons. The van der Waals surface area contributed by atoms with Gasteiger partial charge in [0.2, 0.25) is 5.91 Å². The highest BCUT2D eigenvalue weighted by Gasteiger charge is 2.25. The summed E-state index contributed by atoms with van der Waals surface area (Å²) in [5.41, 5.74) is 0.718. The molecular weight excluding hydrogens is 321 g/mol. The maximum absolute atomic E-state index is 14.0. The van der Waals surface area contributed by atoms with Gasteiger partial charge in [-0.1, -0.05) is 18.2 Å². The lowest BCUT2D eigenvalue weighted by molar-refractivity contribution is -0.133. The number of benzene rings is 1. The van der Waals surface area contributed by atoms with Crippen molar-refractivity contribution in [3.63, 3.8) is 0 Å². The molecule has 2 aromatic rings. The molecule has 2 heterocycles. The van der Waals surface area contributed by atoms with Crippen molar-refractivity contribution in [3.8, 4) is 0 Å². The first-order valence-electron chi connectivity index (χ1n) is 8.74. The van der Waals surface area contributed by atoms with Gasteiger partial charge < -0.3 is 4.90 Å². The number of amides is 1. The third kappa shape index (κ3) is 4.42. The van der Waals surface area contributed by atoms with E-state index in [4.69, 9.17) is 0 Å². The van der Waals surface area contributed by atoms with Crippen molar-refractivity contribution in [1.29, 1.82) is 0 Å². The van der Waals surface area contributed by atoms with Crippen LogP contribution in [0.5, 0.6) is 0 Å². The molecule has 0 spiro atoms. The summed E-state index contributed by atoms with van der Waals surface area (Å²) in [5, 5.41) is 4.03. The van der Waals surface area contributed by atoms with E-state index in [0.29, 0.717) is 26.1 Å². The molecule has 1 atom stereocenters. The Balaban J connectivity index is 1.45. The SMILES string of the molecule is C[C@@H](c1ccccc1F)N1CCN(C(=O)CCCn2cncn2)CC1. The first-order chi connectivity index (χ1) is 12.1. The fourth-order valence-corrected chi connectivity index (χ4v) is 3.27. The quantitative estimate of drug-likeness (QED) is 0.805. The Morgan fingerprint density at radius 1 is 1.24 bits per heavy atom. The van der Waals surface area contributed by atoms with E-state index >= 15 is 0 Å². The van der Waals surface area contributed by atoms with Crippen LogP contribution in [0.1, 0.15) is 31.4 Å². The molecule has 1 amide bonds. The van der Waals surface area contributed by atoms with E-state index in [9.17, 15) is 9.18 Å². The molecule has 0 unspecified atom stereocenters. The number of hydrogen-bond acceptors (Lipinski definition) is 4. The number of carbonyl (C=O) groups is 1. The maximum Gasteiger partial charge on any atom is 0.222 e. The summed E-state index contributed by atoms with van der Waals surface area (Å²) < 4.78 is 15.7. The van der Waals surface area contributed by atoms with Gasteiger partial charge in [0, 0.05) is 50.7 Å². The van der Waals surface area contributed by atoms with Gasteiger partial charge in [0.05, 0.1) is 0 Å². The maximum atomic E-state index is 14.0. The van der Waals surface area contributed by atoms with Gasteiger partial charge in [0.1, 0.15) is 18.5 Å². The molecule has 3 rings (SSSR count). The van der Waals surface area contributed by atoms with Crippen LogP contribution >= 0.6 is 0 Å². The highest BCUT2D eigenvalue weighted by molar-refractivity contribution is 5.76. The normalized spacial score (nSPS) is 16.8. The first kappa shape index (κ1) is 17.5. The Morgan fingerprint density at radius 3 is 2.68 bits per heavy atom. The number of carbonyl (C=O) groups excluding carboxylic acids is 1. The smallest absolute Gasteiger partial charge is 0.222 e. The average molecular weight is 345 g/mol. The second-order valence-electron chi connectivity index (χ2n) is 6.38. The Bertz CT molecular complexity index is 683. The van der Waals surface area contributed by atoms with Gasteiger partial charge in [-0.05, 0) is 19.4 Å². The molecule has 0 aliphatic carbocycles. The molecule has 6 nitrogen and oxygen atoms in total. The molecule has 1 aliphatic rings. The van der Waals surface area contributed by atoms with Crippen molar-refractivity contribution >= 4 is 5.91 Å². The van der Waals surface area contributed by atoms with Crippen LogP contribution in [0.4, 0.5) is 4.39 Å². The van der Waals surface area contributed by atoms with Crippen molar-refractivity contribution in [3.05, 3.63) is 48.3 Å². The van der Waals surface area contributed by atoms with Crippen molar-refractivity contribution < 1.29 is 9.18 Å². The number of halogens is 1. The van der Waals surface area contributed by atoms with Gasteiger partial charge in [0.25, 0.3) is 0 Å². The number of nitrogens with zero attached hydrogens (tertiary/aromatic N) is 5. The van der Waals surface area contributed by atoms with Gasteiger partial charge >= 0.3 is 0 Å². The average Bonchev–Trinajstić information content (AvgIpc) is 3.15. The molecule has 1 aliphatic heterocycles. The summed E-state index contributed by atoms with van der Waals surface area (Å²) in [7, 11) is 0. The van der Waals surface area contributed by atoms with E-state index in [1.54, 1.807) is 17.1 Å². The third-order valence-corrected chi connectivity index (χ3v) is 4.81. The lowest BCUT2D eigenvalue weighted by atomic mass is 10.1. The minimum absolute atomic E-state index is 0.0192. The summed E-state index contributed by atoms with van der Waals surface area (Å²) >= 11 is 0. The summed E-state index contributed by atoms with van der Waals surface area (Å²) in [6.07, 6.45) is 4.43. The van der Waals surface area contributed by atoms with Gasteiger partial charge in [0.15, 0.2) is 0 Å². The lowest BCUT2D eigenvalue weighted by Crippen LogP contribution is -2.49. The standard InChI is InChI=1S/C18H24FN5O/c1-15(16-5-2-3-6-17(16)19)22-9-11-23(12-10-22)18(25)7-4-8-24-14-20-13-21-24/h2-3,5-6,13-15H,4,7-12H2,1H3/t15-/m0/s1. The van der Waals surface area contributed by atoms with Gasteiger partial charge in [-0.3, -0.25) is 14.4 Å². The zero-order valence-corrected chi connectivity index (χ0v) is 14.5. The molecular formula is C18H24FN5O. The van der Waals surface area contributed by atoms with Crippen molar-refractivity contribution in [1.82, 2.24) is 24.6 Å². The zero-order chi connectivity index (χ0) is 17.6. The molecule has 0 radical (unpaired) electrons. The highest BCUT2D eigenvalue weighted by atomic mass is 19.1. The van der Waals surface area contributed by atoms with Crippen LogP contribution < -0.4 is 0 Å². The molecule has 0 bridgehead atoms. The van der Waals surface area contributed by atoms with Crippen LogP contribution in [0, 0.1) is 5.82 Å². The Kier molecular flexibility index (Phi) is 5.75. The van der Waals surface area contributed by atoms with E-state index in [0.717, 1.165) is 25.1 Å².